The van der Waals surface area contributed by atoms with Gasteiger partial charge in [0.2, 0.25) is 11.8 Å². The number of thiophene rings is 1. The zero-order valence-electron chi connectivity index (χ0n) is 17.3. The number of carbonyl (C=O) groups is 2. The molecule has 0 atom stereocenters. The standard InChI is InChI=1S/C21H24N6O2S/c1-13-10-14(2)23-21(22-13)27-18(11-15(3)25-27)24-19(28)4-5-20(29)26-8-6-17-16(12-26)7-9-30-17/h7,9-11H,4-6,8,12H2,1-3H3,(H,24,28). The second-order valence-corrected chi connectivity index (χ2v) is 8.52. The number of aryl methyl sites for hydroxylation is 3. The summed E-state index contributed by atoms with van der Waals surface area (Å²) in [4.78, 5) is 37.1. The molecule has 4 rings (SSSR count). The van der Waals surface area contributed by atoms with Crippen LogP contribution in [0.25, 0.3) is 5.95 Å². The van der Waals surface area contributed by atoms with Crippen molar-refractivity contribution in [3.8, 4) is 5.95 Å². The van der Waals surface area contributed by atoms with Gasteiger partial charge in [0.15, 0.2) is 0 Å². The van der Waals surface area contributed by atoms with Crippen molar-refractivity contribution in [1.29, 1.82) is 0 Å². The van der Waals surface area contributed by atoms with Crippen LogP contribution in [0.1, 0.15) is 40.4 Å². The van der Waals surface area contributed by atoms with Crippen LogP contribution >= 0.6 is 11.3 Å². The molecule has 3 aromatic rings. The molecule has 0 saturated heterocycles. The molecule has 0 saturated carbocycles. The molecule has 0 aliphatic carbocycles. The topological polar surface area (TPSA) is 93.0 Å². The number of aromatic nitrogens is 4. The van der Waals surface area contributed by atoms with Crippen molar-refractivity contribution in [3.63, 3.8) is 0 Å². The van der Waals surface area contributed by atoms with Gasteiger partial charge in [-0.15, -0.1) is 11.3 Å². The zero-order valence-corrected chi connectivity index (χ0v) is 18.1. The van der Waals surface area contributed by atoms with Crippen LogP contribution in [-0.2, 0) is 22.6 Å². The summed E-state index contributed by atoms with van der Waals surface area (Å²) in [6.07, 6.45) is 1.18. The van der Waals surface area contributed by atoms with Crippen LogP contribution < -0.4 is 5.32 Å². The Morgan fingerprint density at radius 3 is 2.63 bits per heavy atom. The third kappa shape index (κ3) is 4.40. The van der Waals surface area contributed by atoms with Crippen LogP contribution in [0.4, 0.5) is 5.82 Å². The molecule has 3 aromatic heterocycles. The summed E-state index contributed by atoms with van der Waals surface area (Å²) in [7, 11) is 0. The van der Waals surface area contributed by atoms with E-state index in [1.165, 1.54) is 15.1 Å². The molecule has 0 aromatic carbocycles. The third-order valence-corrected chi connectivity index (χ3v) is 6.01. The number of nitrogens with zero attached hydrogens (tertiary/aromatic N) is 5. The average molecular weight is 425 g/mol. The van der Waals surface area contributed by atoms with Crippen LogP contribution in [0.2, 0.25) is 0 Å². The molecule has 0 bridgehead atoms. The highest BCUT2D eigenvalue weighted by Gasteiger charge is 2.22. The molecule has 0 radical (unpaired) electrons. The van der Waals surface area contributed by atoms with Gasteiger partial charge in [0, 0.05) is 48.3 Å². The highest BCUT2D eigenvalue weighted by molar-refractivity contribution is 7.10. The molecule has 4 heterocycles. The van der Waals surface area contributed by atoms with E-state index in [4.69, 9.17) is 0 Å². The van der Waals surface area contributed by atoms with Gasteiger partial charge < -0.3 is 10.2 Å². The van der Waals surface area contributed by atoms with Crippen LogP contribution in [0.5, 0.6) is 0 Å². The number of fused-ring (bicyclic) bond motifs is 1. The van der Waals surface area contributed by atoms with Crippen LogP contribution in [0, 0.1) is 20.8 Å². The van der Waals surface area contributed by atoms with Gasteiger partial charge in [-0.25, -0.2) is 9.97 Å². The minimum Gasteiger partial charge on any atom is -0.338 e. The van der Waals surface area contributed by atoms with Crippen molar-refractivity contribution in [2.24, 2.45) is 0 Å². The number of rotatable bonds is 5. The Kier molecular flexibility index (Phi) is 5.63. The molecule has 9 heteroatoms. The predicted molar refractivity (Wildman–Crippen MR) is 115 cm³/mol. The first-order valence-electron chi connectivity index (χ1n) is 9.91. The Hall–Kier alpha value is -3.07. The lowest BCUT2D eigenvalue weighted by Crippen LogP contribution is -2.35. The quantitative estimate of drug-likeness (QED) is 0.680. The van der Waals surface area contributed by atoms with E-state index in [-0.39, 0.29) is 24.7 Å². The molecular formula is C21H24N6O2S. The molecule has 1 N–H and O–H groups in total. The molecule has 156 valence electrons. The van der Waals surface area contributed by atoms with Crippen molar-refractivity contribution < 1.29 is 9.59 Å². The van der Waals surface area contributed by atoms with Gasteiger partial charge >= 0.3 is 0 Å². The summed E-state index contributed by atoms with van der Waals surface area (Å²) >= 11 is 1.74. The van der Waals surface area contributed by atoms with Gasteiger partial charge in [-0.05, 0) is 50.3 Å². The summed E-state index contributed by atoms with van der Waals surface area (Å²) in [5, 5.41) is 9.32. The summed E-state index contributed by atoms with van der Waals surface area (Å²) in [6, 6.07) is 5.72. The summed E-state index contributed by atoms with van der Waals surface area (Å²) in [5.74, 6) is 0.675. The maximum absolute atomic E-state index is 12.6. The Balaban J connectivity index is 1.38. The lowest BCUT2D eigenvalue weighted by Gasteiger charge is -2.27. The van der Waals surface area contributed by atoms with Crippen molar-refractivity contribution in [1.82, 2.24) is 24.6 Å². The second-order valence-electron chi connectivity index (χ2n) is 7.52. The number of nitrogens with one attached hydrogen (secondary N) is 1. The van der Waals surface area contributed by atoms with E-state index in [9.17, 15) is 9.59 Å². The lowest BCUT2D eigenvalue weighted by atomic mass is 10.1. The normalized spacial score (nSPS) is 13.2. The summed E-state index contributed by atoms with van der Waals surface area (Å²) in [5.41, 5.74) is 3.61. The number of hydrogen-bond acceptors (Lipinski definition) is 6. The maximum Gasteiger partial charge on any atom is 0.252 e. The first-order valence-corrected chi connectivity index (χ1v) is 10.8. The maximum atomic E-state index is 12.6. The van der Waals surface area contributed by atoms with Crippen LogP contribution in [-0.4, -0.2) is 43.0 Å². The molecule has 1 aliphatic rings. The van der Waals surface area contributed by atoms with E-state index in [1.807, 2.05) is 31.7 Å². The SMILES string of the molecule is Cc1cc(C)nc(-n2nc(C)cc2NC(=O)CCC(=O)N2CCc3sccc3C2)n1. The van der Waals surface area contributed by atoms with Crippen molar-refractivity contribution >= 4 is 29.0 Å². The molecule has 2 amide bonds. The zero-order chi connectivity index (χ0) is 21.3. The molecule has 0 fully saturated rings. The van der Waals surface area contributed by atoms with Gasteiger partial charge in [0.05, 0.1) is 5.69 Å². The van der Waals surface area contributed by atoms with Gasteiger partial charge in [0.25, 0.3) is 5.95 Å². The number of anilines is 1. The van der Waals surface area contributed by atoms with Gasteiger partial charge in [-0.3, -0.25) is 9.59 Å². The fourth-order valence-electron chi connectivity index (χ4n) is 3.59. The molecule has 1 aliphatic heterocycles. The summed E-state index contributed by atoms with van der Waals surface area (Å²) < 4.78 is 1.53. The van der Waals surface area contributed by atoms with E-state index in [0.717, 1.165) is 23.5 Å². The fourth-order valence-corrected chi connectivity index (χ4v) is 4.48. The number of hydrogen-bond donors (Lipinski definition) is 1. The molecule has 30 heavy (non-hydrogen) atoms. The lowest BCUT2D eigenvalue weighted by molar-refractivity contribution is -0.133. The molecule has 0 unspecified atom stereocenters. The first-order chi connectivity index (χ1) is 14.4. The Morgan fingerprint density at radius 1 is 1.10 bits per heavy atom. The van der Waals surface area contributed by atoms with Crippen molar-refractivity contribution in [2.75, 3.05) is 11.9 Å². The van der Waals surface area contributed by atoms with Crippen molar-refractivity contribution in [2.45, 2.75) is 46.6 Å². The van der Waals surface area contributed by atoms with Gasteiger partial charge in [0.1, 0.15) is 5.82 Å². The van der Waals surface area contributed by atoms with E-state index in [2.05, 4.69) is 31.8 Å². The third-order valence-electron chi connectivity index (χ3n) is 4.99. The molecule has 8 nitrogen and oxygen atoms in total. The van der Waals surface area contributed by atoms with Crippen LogP contribution in [0.3, 0.4) is 0 Å². The molecule has 0 spiro atoms. The Bertz CT molecular complexity index is 1080. The van der Waals surface area contributed by atoms with Crippen molar-refractivity contribution in [3.05, 3.63) is 51.1 Å². The largest absolute Gasteiger partial charge is 0.338 e. The number of amides is 2. The Morgan fingerprint density at radius 2 is 1.87 bits per heavy atom. The van der Waals surface area contributed by atoms with E-state index in [1.54, 1.807) is 17.4 Å². The first kappa shape index (κ1) is 20.2. The monoisotopic (exact) mass is 424 g/mol. The minimum atomic E-state index is -0.234. The Labute approximate surface area is 179 Å². The highest BCUT2D eigenvalue weighted by atomic mass is 32.1. The van der Waals surface area contributed by atoms with Gasteiger partial charge in [-0.2, -0.15) is 9.78 Å². The smallest absolute Gasteiger partial charge is 0.252 e. The fraction of sp³-hybridized carbons (Fsp3) is 0.381. The second kappa shape index (κ2) is 8.35. The van der Waals surface area contributed by atoms with E-state index < -0.39 is 0 Å². The van der Waals surface area contributed by atoms with E-state index in [0.29, 0.717) is 24.9 Å². The summed E-state index contributed by atoms with van der Waals surface area (Å²) in [6.45, 7) is 6.96. The molecular weight excluding hydrogens is 400 g/mol. The highest BCUT2D eigenvalue weighted by Crippen LogP contribution is 2.24. The minimum absolute atomic E-state index is 0.00401. The predicted octanol–water partition coefficient (Wildman–Crippen LogP) is 2.95. The number of carbonyl (C=O) groups excluding carboxylic acids is 2. The van der Waals surface area contributed by atoms with Gasteiger partial charge in [-0.1, -0.05) is 0 Å². The van der Waals surface area contributed by atoms with Crippen LogP contribution in [0.15, 0.2) is 23.6 Å². The van der Waals surface area contributed by atoms with E-state index >= 15 is 0 Å². The average Bonchev–Trinajstić information content (AvgIpc) is 3.30.